The average Bonchev–Trinajstić information content (AvgIpc) is 2.65. The molecule has 1 aromatic carbocycles. The predicted molar refractivity (Wildman–Crippen MR) is 107 cm³/mol. The predicted octanol–water partition coefficient (Wildman–Crippen LogP) is 3.50. The van der Waals surface area contributed by atoms with Crippen molar-refractivity contribution in [2.75, 3.05) is 5.75 Å². The molecule has 1 atom stereocenters. The SMILES string of the molecule is O=C(OCc1ccc(I)cc1)C1CCC(C(=O)OC(CS(=O)(=O)O)C(F)(F)F)CC1. The van der Waals surface area contributed by atoms with Crippen molar-refractivity contribution in [3.63, 3.8) is 0 Å². The number of carbonyl (C=O) groups excluding carboxylic acids is 2. The van der Waals surface area contributed by atoms with Gasteiger partial charge in [-0.25, -0.2) is 0 Å². The van der Waals surface area contributed by atoms with E-state index in [4.69, 9.17) is 9.29 Å². The lowest BCUT2D eigenvalue weighted by Crippen LogP contribution is -2.41. The lowest BCUT2D eigenvalue weighted by Gasteiger charge is -2.28. The average molecular weight is 564 g/mol. The highest BCUT2D eigenvalue weighted by atomic mass is 127. The number of hydrogen-bond acceptors (Lipinski definition) is 6. The van der Waals surface area contributed by atoms with Crippen molar-refractivity contribution in [3.8, 4) is 0 Å². The summed E-state index contributed by atoms with van der Waals surface area (Å²) in [5.74, 6) is -4.78. The third kappa shape index (κ3) is 8.02. The molecule has 0 heterocycles. The highest BCUT2D eigenvalue weighted by molar-refractivity contribution is 14.1. The molecule has 1 N–H and O–H groups in total. The molecule has 1 saturated carbocycles. The first-order valence-electron chi connectivity index (χ1n) is 8.98. The molecule has 1 aromatic rings. The zero-order valence-corrected chi connectivity index (χ0v) is 18.6. The molecule has 1 aliphatic carbocycles. The van der Waals surface area contributed by atoms with E-state index in [1.54, 1.807) is 0 Å². The molecule has 2 rings (SSSR count). The molecule has 0 amide bonds. The Hall–Kier alpha value is -1.41. The van der Waals surface area contributed by atoms with Crippen molar-refractivity contribution in [1.82, 2.24) is 0 Å². The minimum atomic E-state index is -5.14. The van der Waals surface area contributed by atoms with E-state index in [0.29, 0.717) is 0 Å². The summed E-state index contributed by atoms with van der Waals surface area (Å²) in [4.78, 5) is 24.2. The Morgan fingerprint density at radius 3 is 2.03 bits per heavy atom. The molecular formula is C18H20F3IO7S. The van der Waals surface area contributed by atoms with E-state index in [9.17, 15) is 31.2 Å². The van der Waals surface area contributed by atoms with Crippen LogP contribution in [0.15, 0.2) is 24.3 Å². The molecule has 0 spiro atoms. The second kappa shape index (κ2) is 10.3. The van der Waals surface area contributed by atoms with Gasteiger partial charge < -0.3 is 9.47 Å². The van der Waals surface area contributed by atoms with E-state index in [1.807, 2.05) is 24.3 Å². The van der Waals surface area contributed by atoms with Crippen molar-refractivity contribution < 1.29 is 45.2 Å². The van der Waals surface area contributed by atoms with Crippen molar-refractivity contribution in [3.05, 3.63) is 33.4 Å². The van der Waals surface area contributed by atoms with Gasteiger partial charge in [0.25, 0.3) is 10.1 Å². The Labute approximate surface area is 185 Å². The second-order valence-electron chi connectivity index (χ2n) is 7.00. The van der Waals surface area contributed by atoms with E-state index in [1.165, 1.54) is 0 Å². The molecule has 1 fully saturated rings. The molecule has 0 bridgehead atoms. The summed E-state index contributed by atoms with van der Waals surface area (Å²) < 4.78 is 79.4. The zero-order valence-electron chi connectivity index (χ0n) is 15.6. The Bertz CT molecular complexity index is 848. The summed E-state index contributed by atoms with van der Waals surface area (Å²) in [5, 5.41) is 0. The van der Waals surface area contributed by atoms with E-state index >= 15 is 0 Å². The second-order valence-corrected chi connectivity index (χ2v) is 9.74. The molecule has 0 aliphatic heterocycles. The van der Waals surface area contributed by atoms with Crippen LogP contribution in [0.4, 0.5) is 13.2 Å². The van der Waals surface area contributed by atoms with Crippen LogP contribution < -0.4 is 0 Å². The smallest absolute Gasteiger partial charge is 0.426 e. The van der Waals surface area contributed by atoms with Gasteiger partial charge in [-0.1, -0.05) is 12.1 Å². The van der Waals surface area contributed by atoms with Gasteiger partial charge in [0, 0.05) is 3.57 Å². The lowest BCUT2D eigenvalue weighted by atomic mass is 9.82. The fourth-order valence-corrected chi connectivity index (χ4v) is 4.04. The van der Waals surface area contributed by atoms with Gasteiger partial charge >= 0.3 is 18.1 Å². The van der Waals surface area contributed by atoms with Gasteiger partial charge in [-0.15, -0.1) is 0 Å². The first-order valence-corrected chi connectivity index (χ1v) is 11.7. The quantitative estimate of drug-likeness (QED) is 0.307. The topological polar surface area (TPSA) is 107 Å². The Kier molecular flexibility index (Phi) is 8.51. The van der Waals surface area contributed by atoms with Crippen LogP contribution in [0.25, 0.3) is 0 Å². The van der Waals surface area contributed by atoms with Crippen LogP contribution in [0.2, 0.25) is 0 Å². The fraction of sp³-hybridized carbons (Fsp3) is 0.556. The first-order chi connectivity index (χ1) is 13.8. The van der Waals surface area contributed by atoms with Gasteiger partial charge in [-0.3, -0.25) is 14.1 Å². The normalized spacial score (nSPS) is 21.0. The fourth-order valence-electron chi connectivity index (χ4n) is 3.04. The van der Waals surface area contributed by atoms with Gasteiger partial charge in [-0.2, -0.15) is 21.6 Å². The molecule has 30 heavy (non-hydrogen) atoms. The minimum Gasteiger partial charge on any atom is -0.461 e. The number of ether oxygens (including phenoxy) is 2. The molecule has 0 aromatic heterocycles. The van der Waals surface area contributed by atoms with Crippen LogP contribution in [0.1, 0.15) is 31.2 Å². The Morgan fingerprint density at radius 2 is 1.57 bits per heavy atom. The van der Waals surface area contributed by atoms with Crippen LogP contribution in [-0.4, -0.2) is 42.9 Å². The molecule has 168 valence electrons. The molecular weight excluding hydrogens is 544 g/mol. The van der Waals surface area contributed by atoms with Crippen LogP contribution in [0, 0.1) is 15.4 Å². The monoisotopic (exact) mass is 564 g/mol. The molecule has 12 heteroatoms. The first kappa shape index (κ1) is 24.9. The van der Waals surface area contributed by atoms with Crippen molar-refractivity contribution >= 4 is 44.6 Å². The molecule has 1 aliphatic rings. The summed E-state index contributed by atoms with van der Waals surface area (Å²) in [6, 6.07) is 7.39. The molecule has 1 unspecified atom stereocenters. The maximum Gasteiger partial charge on any atom is 0.426 e. The summed E-state index contributed by atoms with van der Waals surface area (Å²) in [6.07, 6.45) is -7.39. The highest BCUT2D eigenvalue weighted by Gasteiger charge is 2.46. The zero-order chi connectivity index (χ0) is 22.5. The number of rotatable bonds is 7. The van der Waals surface area contributed by atoms with Gasteiger partial charge in [-0.05, 0) is 66.0 Å². The van der Waals surface area contributed by atoms with Gasteiger partial charge in [0.2, 0.25) is 6.10 Å². The van der Waals surface area contributed by atoms with Crippen molar-refractivity contribution in [2.45, 2.75) is 44.6 Å². The van der Waals surface area contributed by atoms with E-state index < -0.39 is 51.9 Å². The third-order valence-corrected chi connectivity index (χ3v) is 6.12. The lowest BCUT2D eigenvalue weighted by molar-refractivity contribution is -0.218. The van der Waals surface area contributed by atoms with E-state index in [2.05, 4.69) is 27.3 Å². The molecule has 0 radical (unpaired) electrons. The van der Waals surface area contributed by atoms with Crippen LogP contribution >= 0.6 is 22.6 Å². The van der Waals surface area contributed by atoms with Crippen LogP contribution in [-0.2, 0) is 35.8 Å². The summed E-state index contributed by atoms with van der Waals surface area (Å²) in [6.45, 7) is 0.0978. The maximum atomic E-state index is 12.9. The largest absolute Gasteiger partial charge is 0.461 e. The highest BCUT2D eigenvalue weighted by Crippen LogP contribution is 2.32. The van der Waals surface area contributed by atoms with E-state index in [0.717, 1.165) is 9.13 Å². The third-order valence-electron chi connectivity index (χ3n) is 4.67. The minimum absolute atomic E-state index is 0.0978. The summed E-state index contributed by atoms with van der Waals surface area (Å²) in [7, 11) is -4.99. The van der Waals surface area contributed by atoms with Crippen LogP contribution in [0.3, 0.4) is 0 Å². The van der Waals surface area contributed by atoms with Crippen molar-refractivity contribution in [2.24, 2.45) is 11.8 Å². The number of halogens is 4. The number of hydrogen-bond donors (Lipinski definition) is 1. The summed E-state index contributed by atoms with van der Waals surface area (Å²) in [5.41, 5.74) is 0.818. The number of benzene rings is 1. The van der Waals surface area contributed by atoms with Crippen LogP contribution in [0.5, 0.6) is 0 Å². The van der Waals surface area contributed by atoms with Gasteiger partial charge in [0.1, 0.15) is 12.4 Å². The van der Waals surface area contributed by atoms with Crippen molar-refractivity contribution in [1.29, 1.82) is 0 Å². The Morgan fingerprint density at radius 1 is 1.07 bits per heavy atom. The maximum absolute atomic E-state index is 12.9. The number of carbonyl (C=O) groups is 2. The van der Waals surface area contributed by atoms with E-state index in [-0.39, 0.29) is 32.3 Å². The van der Waals surface area contributed by atoms with Gasteiger partial charge in [0.15, 0.2) is 0 Å². The number of alkyl halides is 3. The molecule has 7 nitrogen and oxygen atoms in total. The summed E-state index contributed by atoms with van der Waals surface area (Å²) >= 11 is 2.15. The molecule has 0 saturated heterocycles. The standard InChI is InChI=1S/C18H20F3IO7S/c19-18(20,21)15(10-30(25,26)27)29-17(24)13-5-3-12(4-6-13)16(23)28-9-11-1-7-14(22)8-2-11/h1-2,7-8,12-13,15H,3-6,9-10H2,(H,25,26,27). The Balaban J connectivity index is 1.84. The van der Waals surface area contributed by atoms with Gasteiger partial charge in [0.05, 0.1) is 11.8 Å². The number of esters is 2.